The molecule has 2 fully saturated rings. The van der Waals surface area contributed by atoms with Crippen molar-refractivity contribution in [3.05, 3.63) is 70.8 Å². The van der Waals surface area contributed by atoms with E-state index in [0.717, 1.165) is 5.69 Å². The van der Waals surface area contributed by atoms with Crippen LogP contribution in [-0.2, 0) is 20.1 Å². The van der Waals surface area contributed by atoms with Crippen molar-refractivity contribution in [2.24, 2.45) is 5.92 Å². The molecule has 5 heterocycles. The fraction of sp³-hybridized carbons (Fsp3) is 0.407. The third-order valence-corrected chi connectivity index (χ3v) is 7.63. The highest BCUT2D eigenvalue weighted by atomic mass is 16.5. The molecule has 2 aromatic carbocycles. The first-order valence-corrected chi connectivity index (χ1v) is 12.3. The van der Waals surface area contributed by atoms with E-state index >= 15 is 0 Å². The van der Waals surface area contributed by atoms with Crippen molar-refractivity contribution in [2.75, 3.05) is 4.90 Å². The summed E-state index contributed by atoms with van der Waals surface area (Å²) in [5.74, 6) is 0.0481. The highest BCUT2D eigenvalue weighted by Gasteiger charge is 2.60. The standard InChI is InChI=1S/C27H29N5O4/c1-15(2)20-23(35)31(16-10-6-5-7-11-16)24(29-20)26(3)14-19-21(33)30-27(4,36-26)25-28-18-13-9-8-12-17(18)22(34)32(19)25/h5-13,15,19-20,24,29H,14H2,1-4H3,(H,30,33)/t19-,20+,24-,26+,27-/m1/s1. The Bertz CT molecular complexity index is 1450. The SMILES string of the molecule is CC(C)[C@@H]1N[C@@H]([C@]2(C)C[C@@H]3C(=O)N[C@](C)(O2)c2nc4ccccc4c(=O)n23)N(c2ccccc2)C1=O. The van der Waals surface area contributed by atoms with Crippen molar-refractivity contribution in [3.8, 4) is 0 Å². The van der Waals surface area contributed by atoms with Gasteiger partial charge >= 0.3 is 0 Å². The second kappa shape index (κ2) is 7.72. The van der Waals surface area contributed by atoms with Gasteiger partial charge in [0.1, 0.15) is 17.8 Å². The van der Waals surface area contributed by atoms with Gasteiger partial charge in [-0.3, -0.25) is 29.2 Å². The average molecular weight is 488 g/mol. The summed E-state index contributed by atoms with van der Waals surface area (Å²) >= 11 is 0. The minimum absolute atomic E-state index is 0.0435. The number of carbonyl (C=O) groups is 2. The molecule has 0 spiro atoms. The highest BCUT2D eigenvalue weighted by Crippen LogP contribution is 2.45. The minimum atomic E-state index is -1.37. The first-order chi connectivity index (χ1) is 17.1. The van der Waals surface area contributed by atoms with Gasteiger partial charge in [-0.05, 0) is 44.0 Å². The summed E-state index contributed by atoms with van der Waals surface area (Å²) in [6.45, 7) is 7.62. The molecule has 9 nitrogen and oxygen atoms in total. The molecule has 0 saturated carbocycles. The predicted molar refractivity (Wildman–Crippen MR) is 134 cm³/mol. The summed E-state index contributed by atoms with van der Waals surface area (Å²) in [6, 6.07) is 15.3. The van der Waals surface area contributed by atoms with E-state index in [4.69, 9.17) is 9.72 Å². The fourth-order valence-electron chi connectivity index (χ4n) is 5.96. The number of aromatic nitrogens is 2. The summed E-state index contributed by atoms with van der Waals surface area (Å²) in [4.78, 5) is 47.1. The maximum Gasteiger partial charge on any atom is 0.262 e. The second-order valence-electron chi connectivity index (χ2n) is 10.6. The van der Waals surface area contributed by atoms with Crippen molar-refractivity contribution in [1.82, 2.24) is 20.2 Å². The van der Waals surface area contributed by atoms with E-state index in [-0.39, 0.29) is 29.7 Å². The van der Waals surface area contributed by atoms with Crippen LogP contribution in [0.25, 0.3) is 10.9 Å². The predicted octanol–water partition coefficient (Wildman–Crippen LogP) is 2.41. The van der Waals surface area contributed by atoms with Crippen molar-refractivity contribution in [3.63, 3.8) is 0 Å². The van der Waals surface area contributed by atoms with Crippen molar-refractivity contribution in [1.29, 1.82) is 0 Å². The van der Waals surface area contributed by atoms with Gasteiger partial charge < -0.3 is 10.1 Å². The molecule has 2 bridgehead atoms. The first-order valence-electron chi connectivity index (χ1n) is 12.3. The quantitative estimate of drug-likeness (QED) is 0.588. The molecule has 3 aromatic rings. The number of nitrogens with one attached hydrogen (secondary N) is 2. The number of ether oxygens (including phenoxy) is 1. The van der Waals surface area contributed by atoms with Crippen LogP contribution in [0.2, 0.25) is 0 Å². The topological polar surface area (TPSA) is 106 Å². The molecule has 0 aliphatic carbocycles. The van der Waals surface area contributed by atoms with Crippen molar-refractivity contribution >= 4 is 28.4 Å². The van der Waals surface area contributed by atoms with Crippen molar-refractivity contribution in [2.45, 2.75) is 63.7 Å². The number of amides is 2. The molecule has 2 saturated heterocycles. The Kier molecular flexibility index (Phi) is 4.90. The van der Waals surface area contributed by atoms with Crippen LogP contribution < -0.4 is 21.1 Å². The molecule has 186 valence electrons. The maximum atomic E-state index is 13.6. The molecule has 4 aliphatic rings. The normalized spacial score (nSPS) is 31.6. The summed E-state index contributed by atoms with van der Waals surface area (Å²) in [5.41, 5.74) is -1.40. The Morgan fingerprint density at radius 3 is 2.44 bits per heavy atom. The molecule has 0 unspecified atom stereocenters. The van der Waals surface area contributed by atoms with Crippen LogP contribution in [0.5, 0.6) is 0 Å². The van der Waals surface area contributed by atoms with Crippen LogP contribution in [0.15, 0.2) is 59.4 Å². The Hall–Kier alpha value is -3.56. The van der Waals surface area contributed by atoms with Gasteiger partial charge in [-0.25, -0.2) is 4.98 Å². The maximum absolute atomic E-state index is 13.6. The third kappa shape index (κ3) is 3.16. The number of fused-ring (bicyclic) bond motifs is 4. The molecule has 2 amide bonds. The van der Waals surface area contributed by atoms with Gasteiger partial charge in [0.05, 0.1) is 16.9 Å². The van der Waals surface area contributed by atoms with E-state index in [9.17, 15) is 14.4 Å². The first kappa shape index (κ1) is 22.9. The Morgan fingerprint density at radius 1 is 1.03 bits per heavy atom. The van der Waals surface area contributed by atoms with Gasteiger partial charge in [0.25, 0.3) is 5.56 Å². The van der Waals surface area contributed by atoms with E-state index < -0.39 is 29.6 Å². The molecule has 4 aliphatic heterocycles. The fourth-order valence-corrected chi connectivity index (χ4v) is 5.96. The number of anilines is 1. The average Bonchev–Trinajstić information content (AvgIpc) is 3.11. The lowest BCUT2D eigenvalue weighted by molar-refractivity contribution is -0.172. The number of nitrogens with zero attached hydrogens (tertiary/aromatic N) is 3. The van der Waals surface area contributed by atoms with Crippen LogP contribution in [0.3, 0.4) is 0 Å². The van der Waals surface area contributed by atoms with Crippen LogP contribution >= 0.6 is 0 Å². The van der Waals surface area contributed by atoms with Gasteiger partial charge in [-0.15, -0.1) is 0 Å². The zero-order chi connectivity index (χ0) is 25.4. The lowest BCUT2D eigenvalue weighted by Gasteiger charge is -2.42. The molecule has 9 heteroatoms. The van der Waals surface area contributed by atoms with Crippen LogP contribution in [-0.4, -0.2) is 39.2 Å². The number of hydrogen-bond acceptors (Lipinski definition) is 6. The van der Waals surface area contributed by atoms with Crippen LogP contribution in [0.4, 0.5) is 5.69 Å². The van der Waals surface area contributed by atoms with E-state index in [1.165, 1.54) is 4.57 Å². The van der Waals surface area contributed by atoms with Gasteiger partial charge in [0.15, 0.2) is 11.5 Å². The van der Waals surface area contributed by atoms with Gasteiger partial charge in [-0.2, -0.15) is 0 Å². The highest BCUT2D eigenvalue weighted by molar-refractivity contribution is 6.00. The van der Waals surface area contributed by atoms with Crippen molar-refractivity contribution < 1.29 is 14.3 Å². The Morgan fingerprint density at radius 2 is 1.72 bits per heavy atom. The van der Waals surface area contributed by atoms with Crippen LogP contribution in [0.1, 0.15) is 46.0 Å². The summed E-state index contributed by atoms with van der Waals surface area (Å²) in [7, 11) is 0. The summed E-state index contributed by atoms with van der Waals surface area (Å²) in [6.07, 6.45) is -0.394. The van der Waals surface area contributed by atoms with E-state index in [2.05, 4.69) is 10.6 Å². The van der Waals surface area contributed by atoms with E-state index in [1.807, 2.05) is 57.2 Å². The number of para-hydroxylation sites is 2. The molecule has 5 atom stereocenters. The molecule has 2 N–H and O–H groups in total. The number of carbonyl (C=O) groups excluding carboxylic acids is 2. The second-order valence-corrected chi connectivity index (χ2v) is 10.6. The zero-order valence-electron chi connectivity index (χ0n) is 20.7. The Labute approximate surface area is 208 Å². The minimum Gasteiger partial charge on any atom is -0.339 e. The van der Waals surface area contributed by atoms with E-state index in [1.54, 1.807) is 30.0 Å². The van der Waals surface area contributed by atoms with Gasteiger partial charge in [-0.1, -0.05) is 44.2 Å². The number of rotatable bonds is 3. The monoisotopic (exact) mass is 487 g/mol. The molecule has 7 rings (SSSR count). The van der Waals surface area contributed by atoms with Crippen LogP contribution in [0, 0.1) is 5.92 Å². The zero-order valence-corrected chi connectivity index (χ0v) is 20.7. The number of benzene rings is 2. The molecular formula is C27H29N5O4. The van der Waals surface area contributed by atoms with Gasteiger partial charge in [0, 0.05) is 12.1 Å². The van der Waals surface area contributed by atoms with E-state index in [0.29, 0.717) is 16.7 Å². The largest absolute Gasteiger partial charge is 0.339 e. The lowest BCUT2D eigenvalue weighted by atomic mass is 9.92. The van der Waals surface area contributed by atoms with Gasteiger partial charge in [0.2, 0.25) is 11.8 Å². The summed E-state index contributed by atoms with van der Waals surface area (Å²) < 4.78 is 8.26. The number of hydrogen-bond donors (Lipinski definition) is 2. The molecule has 36 heavy (non-hydrogen) atoms. The molecular weight excluding hydrogens is 458 g/mol. The smallest absolute Gasteiger partial charge is 0.262 e. The Balaban J connectivity index is 1.52. The lowest BCUT2D eigenvalue weighted by Crippen LogP contribution is -2.59. The summed E-state index contributed by atoms with van der Waals surface area (Å²) in [5, 5.41) is 6.92. The molecule has 0 radical (unpaired) electrons. The third-order valence-electron chi connectivity index (χ3n) is 7.63. The molecule has 1 aromatic heterocycles.